The number of nitrogens with zero attached hydrogens (tertiary/aromatic N) is 1. The van der Waals surface area contributed by atoms with E-state index < -0.39 is 26.5 Å². The summed E-state index contributed by atoms with van der Waals surface area (Å²) in [7, 11) is 1.51. The molecule has 0 aromatic heterocycles. The molecule has 0 aliphatic rings. The fourth-order valence-corrected chi connectivity index (χ4v) is 3.55. The van der Waals surface area contributed by atoms with E-state index in [9.17, 15) is 19.4 Å². The largest absolute Gasteiger partial charge is 0.472 e. The first-order valence-electron chi connectivity index (χ1n) is 13.7. The number of quaternary nitrogens is 1. The summed E-state index contributed by atoms with van der Waals surface area (Å²) in [5.74, 6) is -0.458. The molecule has 0 bridgehead atoms. The van der Waals surface area contributed by atoms with Crippen molar-refractivity contribution in [2.45, 2.75) is 64.4 Å². The molecule has 222 valence electrons. The van der Waals surface area contributed by atoms with Crippen LogP contribution in [0, 0.1) is 0 Å². The topological polar surface area (TPSA) is 102 Å². The number of likely N-dealkylation sites (N-methyl/N-ethyl adjacent to an activating group) is 1. The molecule has 0 spiro atoms. The van der Waals surface area contributed by atoms with E-state index in [0.29, 0.717) is 17.4 Å². The third-order valence-corrected chi connectivity index (χ3v) is 5.98. The van der Waals surface area contributed by atoms with Gasteiger partial charge in [0.2, 0.25) is 0 Å². The molecule has 0 saturated heterocycles. The van der Waals surface area contributed by atoms with Gasteiger partial charge in [0.05, 0.1) is 27.7 Å². The summed E-state index contributed by atoms with van der Waals surface area (Å²) in [6.45, 7) is 1.90. The zero-order valence-electron chi connectivity index (χ0n) is 24.3. The molecule has 0 aromatic carbocycles. The minimum absolute atomic E-state index is 0.0386. The lowest BCUT2D eigenvalue weighted by atomic mass is 10.2. The van der Waals surface area contributed by atoms with Crippen molar-refractivity contribution in [1.82, 2.24) is 0 Å². The van der Waals surface area contributed by atoms with Gasteiger partial charge in [-0.15, -0.1) is 0 Å². The number of ether oxygens (including phenoxy) is 1. The van der Waals surface area contributed by atoms with Gasteiger partial charge < -0.3 is 19.2 Å². The summed E-state index contributed by atoms with van der Waals surface area (Å²) in [4.78, 5) is 21.4. The number of phosphoric acid groups is 1. The smallest absolute Gasteiger partial charge is 0.463 e. The van der Waals surface area contributed by atoms with Crippen molar-refractivity contribution in [2.75, 3.05) is 47.5 Å². The zero-order valence-corrected chi connectivity index (χ0v) is 25.2. The molecule has 2 N–H and O–H groups in total. The number of aliphatic hydroxyl groups is 1. The van der Waals surface area contributed by atoms with Crippen molar-refractivity contribution in [3.05, 3.63) is 72.9 Å². The Morgan fingerprint density at radius 1 is 0.769 bits per heavy atom. The Morgan fingerprint density at radius 3 is 1.69 bits per heavy atom. The molecule has 0 rings (SSSR count). The highest BCUT2D eigenvalue weighted by molar-refractivity contribution is 7.47. The maximum atomic E-state index is 11.8. The summed E-state index contributed by atoms with van der Waals surface area (Å²) >= 11 is 0. The standard InChI is InChI=1S/C30H50NO7P/c1-5-6-7-8-9-10-11-12-13-14-15-16-17-18-19-20-21-22-23-24-30(33)36-27-29(32)28-38-39(34,35)37-26-25-31(2,3)4/h6-7,9-10,12-13,15-16,18-19,21-22,29,32H,5,8,11,14,17,20,23-28H2,1-4H3/p+1/b7-6-,10-9+,13-12+,16-15+,19-18+,22-21+/t29-/m1/s1. The molecule has 0 radical (unpaired) electrons. The van der Waals surface area contributed by atoms with Crippen LogP contribution in [0.1, 0.15) is 58.3 Å². The predicted octanol–water partition coefficient (Wildman–Crippen LogP) is 6.21. The molecular formula is C30H51NO7P+. The monoisotopic (exact) mass is 568 g/mol. The van der Waals surface area contributed by atoms with Gasteiger partial charge in [-0.3, -0.25) is 13.8 Å². The van der Waals surface area contributed by atoms with E-state index in [1.165, 1.54) is 0 Å². The Balaban J connectivity index is 3.80. The van der Waals surface area contributed by atoms with Gasteiger partial charge in [0.1, 0.15) is 25.9 Å². The highest BCUT2D eigenvalue weighted by atomic mass is 31.2. The van der Waals surface area contributed by atoms with E-state index in [4.69, 9.17) is 13.8 Å². The lowest BCUT2D eigenvalue weighted by Crippen LogP contribution is -2.37. The number of rotatable bonds is 23. The van der Waals surface area contributed by atoms with Gasteiger partial charge in [-0.2, -0.15) is 0 Å². The quantitative estimate of drug-likeness (QED) is 0.0654. The van der Waals surface area contributed by atoms with Gasteiger partial charge >= 0.3 is 13.8 Å². The van der Waals surface area contributed by atoms with Gasteiger partial charge in [-0.1, -0.05) is 79.8 Å². The van der Waals surface area contributed by atoms with Crippen LogP contribution in [0.5, 0.6) is 0 Å². The number of carbonyl (C=O) groups excluding carboxylic acids is 1. The molecule has 39 heavy (non-hydrogen) atoms. The van der Waals surface area contributed by atoms with Crippen LogP contribution >= 0.6 is 7.82 Å². The Labute approximate surface area is 236 Å². The Morgan fingerprint density at radius 2 is 1.23 bits per heavy atom. The minimum Gasteiger partial charge on any atom is -0.463 e. The predicted molar refractivity (Wildman–Crippen MR) is 159 cm³/mol. The molecule has 0 aliphatic carbocycles. The van der Waals surface area contributed by atoms with Gasteiger partial charge in [0, 0.05) is 6.42 Å². The van der Waals surface area contributed by atoms with Crippen molar-refractivity contribution in [1.29, 1.82) is 0 Å². The van der Waals surface area contributed by atoms with Crippen molar-refractivity contribution < 1.29 is 37.6 Å². The van der Waals surface area contributed by atoms with Crippen LogP contribution < -0.4 is 0 Å². The van der Waals surface area contributed by atoms with E-state index in [1.807, 2.05) is 33.3 Å². The fraction of sp³-hybridized carbons (Fsp3) is 0.567. The number of esters is 1. The van der Waals surface area contributed by atoms with Crippen LogP contribution in [0.25, 0.3) is 0 Å². The molecular weight excluding hydrogens is 517 g/mol. The van der Waals surface area contributed by atoms with E-state index in [1.54, 1.807) is 0 Å². The number of phosphoric ester groups is 1. The summed E-state index contributed by atoms with van der Waals surface area (Å²) in [6, 6.07) is 0. The normalized spacial score (nSPS) is 15.5. The molecule has 9 heteroatoms. The average molecular weight is 569 g/mol. The Bertz CT molecular complexity index is 854. The van der Waals surface area contributed by atoms with Crippen LogP contribution in [-0.2, 0) is 23.1 Å². The second-order valence-corrected chi connectivity index (χ2v) is 11.4. The van der Waals surface area contributed by atoms with E-state index in [-0.39, 0.29) is 19.6 Å². The van der Waals surface area contributed by atoms with E-state index in [2.05, 4.69) is 67.7 Å². The second-order valence-electron chi connectivity index (χ2n) is 9.90. The van der Waals surface area contributed by atoms with Crippen molar-refractivity contribution >= 4 is 13.8 Å². The first-order chi connectivity index (χ1) is 18.6. The molecule has 0 amide bonds. The van der Waals surface area contributed by atoms with Gasteiger partial charge in [0.25, 0.3) is 0 Å². The number of hydrogen-bond acceptors (Lipinski definition) is 6. The van der Waals surface area contributed by atoms with E-state index >= 15 is 0 Å². The molecule has 0 heterocycles. The molecule has 1 unspecified atom stereocenters. The van der Waals surface area contributed by atoms with Gasteiger partial charge in [-0.25, -0.2) is 4.57 Å². The molecule has 2 atom stereocenters. The fourth-order valence-electron chi connectivity index (χ4n) is 2.80. The Hall–Kier alpha value is -2.06. The number of aliphatic hydroxyl groups excluding tert-OH is 1. The van der Waals surface area contributed by atoms with Gasteiger partial charge in [-0.05, 0) is 44.9 Å². The molecule has 0 saturated carbocycles. The number of hydrogen-bond donors (Lipinski definition) is 2. The lowest BCUT2D eigenvalue weighted by Gasteiger charge is -2.24. The maximum absolute atomic E-state index is 11.8. The van der Waals surface area contributed by atoms with Gasteiger partial charge in [0.15, 0.2) is 0 Å². The zero-order chi connectivity index (χ0) is 29.2. The summed E-state index contributed by atoms with van der Waals surface area (Å²) in [6.07, 6.45) is 30.6. The van der Waals surface area contributed by atoms with Crippen LogP contribution in [-0.4, -0.2) is 74.1 Å². The van der Waals surface area contributed by atoms with E-state index in [0.717, 1.165) is 38.5 Å². The molecule has 0 aromatic rings. The van der Waals surface area contributed by atoms with Crippen molar-refractivity contribution in [2.24, 2.45) is 0 Å². The highest BCUT2D eigenvalue weighted by Crippen LogP contribution is 2.43. The summed E-state index contributed by atoms with van der Waals surface area (Å²) in [5, 5.41) is 9.82. The molecule has 0 aliphatic heterocycles. The Kier molecular flexibility index (Phi) is 22.5. The number of carbonyl (C=O) groups is 1. The number of allylic oxidation sites excluding steroid dienone is 12. The third-order valence-electron chi connectivity index (χ3n) is 4.99. The lowest BCUT2D eigenvalue weighted by molar-refractivity contribution is -0.870. The highest BCUT2D eigenvalue weighted by Gasteiger charge is 2.24. The maximum Gasteiger partial charge on any atom is 0.472 e. The average Bonchev–Trinajstić information content (AvgIpc) is 2.86. The molecule has 8 nitrogen and oxygen atoms in total. The van der Waals surface area contributed by atoms with Crippen LogP contribution in [0.2, 0.25) is 0 Å². The molecule has 0 fully saturated rings. The third kappa shape index (κ3) is 28.8. The van der Waals surface area contributed by atoms with Crippen LogP contribution in [0.15, 0.2) is 72.9 Å². The second kappa shape index (κ2) is 23.8. The first kappa shape index (κ1) is 36.9. The summed E-state index contributed by atoms with van der Waals surface area (Å²) < 4.78 is 27.0. The van der Waals surface area contributed by atoms with Crippen molar-refractivity contribution in [3.8, 4) is 0 Å². The van der Waals surface area contributed by atoms with Crippen LogP contribution in [0.4, 0.5) is 0 Å². The van der Waals surface area contributed by atoms with Crippen molar-refractivity contribution in [3.63, 3.8) is 0 Å². The SMILES string of the molecule is CC/C=C\C/C=C/C/C=C/C/C=C/C/C=C/C/C=C/CCC(=O)OC[C@@H](O)COP(=O)(O)OCC[N+](C)(C)C. The van der Waals surface area contributed by atoms with Crippen LogP contribution in [0.3, 0.4) is 0 Å². The summed E-state index contributed by atoms with van der Waals surface area (Å²) in [5.41, 5.74) is 0. The minimum atomic E-state index is -4.26. The first-order valence-corrected chi connectivity index (χ1v) is 15.2.